The second-order valence-corrected chi connectivity index (χ2v) is 23.0. The first-order valence-corrected chi connectivity index (χ1v) is 27.5. The number of benzene rings is 8. The first-order valence-electron chi connectivity index (χ1n) is 22.5. The third kappa shape index (κ3) is 9.93. The molecule has 0 nitrogen and oxygen atoms in total. The van der Waals surface area contributed by atoms with Gasteiger partial charge in [0.05, 0.1) is 0 Å². The number of halogens is 6. The third-order valence-corrected chi connectivity index (χ3v) is 17.8. The molecule has 334 valence electrons. The number of fused-ring (bicyclic) bond motifs is 6. The van der Waals surface area contributed by atoms with Crippen LogP contribution in [-0.4, -0.2) is 33.0 Å². The van der Waals surface area contributed by atoms with Crippen molar-refractivity contribution in [2.45, 2.75) is 38.7 Å². The Morgan fingerprint density at radius 2 is 1.18 bits per heavy atom. The van der Waals surface area contributed by atoms with E-state index in [1.807, 2.05) is 13.1 Å². The van der Waals surface area contributed by atoms with Crippen LogP contribution in [0.4, 0.5) is 26.3 Å². The van der Waals surface area contributed by atoms with Gasteiger partial charge in [0.25, 0.3) is 0 Å². The molecule has 0 radical (unpaired) electrons. The summed E-state index contributed by atoms with van der Waals surface area (Å²) in [5, 5.41) is 1.05. The molecule has 1 atom stereocenters. The minimum absolute atomic E-state index is 0.0309. The fourth-order valence-corrected chi connectivity index (χ4v) is 14.6. The van der Waals surface area contributed by atoms with Crippen molar-refractivity contribution in [1.82, 2.24) is 0 Å². The average molecular weight is 998 g/mol. The van der Waals surface area contributed by atoms with Crippen LogP contribution in [0.25, 0.3) is 48.0 Å². The van der Waals surface area contributed by atoms with Gasteiger partial charge in [0.2, 0.25) is 0 Å². The molecule has 2 aliphatic carbocycles. The van der Waals surface area contributed by atoms with Gasteiger partial charge in [-0.05, 0) is 0 Å². The molecule has 0 saturated heterocycles. The van der Waals surface area contributed by atoms with Crippen molar-refractivity contribution < 1.29 is 49.6 Å². The summed E-state index contributed by atoms with van der Waals surface area (Å²) in [4.78, 5) is 0.522. The van der Waals surface area contributed by atoms with Gasteiger partial charge in [0, 0.05) is 0 Å². The fourth-order valence-electron chi connectivity index (χ4n) is 9.64. The van der Waals surface area contributed by atoms with E-state index < -0.39 is 55.4 Å². The van der Waals surface area contributed by atoms with Gasteiger partial charge in [-0.2, -0.15) is 0 Å². The monoisotopic (exact) mass is 996 g/mol. The molecule has 10 rings (SSSR count). The van der Waals surface area contributed by atoms with Gasteiger partial charge in [0.15, 0.2) is 0 Å². The van der Waals surface area contributed by atoms with Crippen LogP contribution in [0.5, 0.6) is 0 Å². The zero-order valence-corrected chi connectivity index (χ0v) is 41.1. The second-order valence-electron chi connectivity index (χ2n) is 17.3. The Morgan fingerprint density at radius 3 is 1.81 bits per heavy atom. The van der Waals surface area contributed by atoms with E-state index in [4.69, 9.17) is 0 Å². The van der Waals surface area contributed by atoms with E-state index >= 15 is 0 Å². The molecule has 68 heavy (non-hydrogen) atoms. The number of rotatable bonds is 7. The van der Waals surface area contributed by atoms with Crippen molar-refractivity contribution in [3.63, 3.8) is 0 Å². The van der Waals surface area contributed by atoms with Crippen molar-refractivity contribution >= 4 is 60.9 Å². The maximum absolute atomic E-state index is 13.8. The summed E-state index contributed by atoms with van der Waals surface area (Å²) in [7, 11) is -1.34. The molecule has 9 heteroatoms. The molecule has 0 aliphatic heterocycles. The normalized spacial score (nSPS) is 15.1. The molecule has 0 saturated carbocycles. The van der Waals surface area contributed by atoms with E-state index in [1.54, 1.807) is 33.6 Å². The van der Waals surface area contributed by atoms with Crippen LogP contribution in [-0.2, 0) is 29.7 Å². The fraction of sp³-hybridized carbons (Fsp3) is 0.119. The molecule has 8 aromatic carbocycles. The predicted octanol–water partition coefficient (Wildman–Crippen LogP) is 14.3. The Kier molecular flexibility index (Phi) is 13.8. The number of hydrogen-bond donors (Lipinski definition) is 0. The summed E-state index contributed by atoms with van der Waals surface area (Å²) in [5.74, 6) is -1.36. The molecule has 0 fully saturated rings. The quantitative estimate of drug-likeness (QED) is 0.0646. The van der Waals surface area contributed by atoms with E-state index in [-0.39, 0.29) is 23.2 Å². The number of allylic oxidation sites excluding steroid dienone is 2. The van der Waals surface area contributed by atoms with Crippen molar-refractivity contribution in [3.8, 4) is 11.1 Å². The predicted molar refractivity (Wildman–Crippen MR) is 269 cm³/mol. The van der Waals surface area contributed by atoms with Crippen LogP contribution in [0.3, 0.4) is 0 Å². The van der Waals surface area contributed by atoms with Gasteiger partial charge in [-0.25, -0.2) is 0 Å². The van der Waals surface area contributed by atoms with E-state index in [2.05, 4.69) is 170 Å². The number of hydrogen-bond acceptors (Lipinski definition) is 0. The molecule has 0 bridgehead atoms. The summed E-state index contributed by atoms with van der Waals surface area (Å²) >= 11 is -1.32. The molecule has 0 spiro atoms. The first-order chi connectivity index (χ1) is 32.8. The van der Waals surface area contributed by atoms with Crippen LogP contribution >= 0.6 is 0 Å². The molecule has 2 aliphatic rings. The Balaban J connectivity index is 0.000000191. The Hall–Kier alpha value is -6.02. The summed E-state index contributed by atoms with van der Waals surface area (Å²) in [5.41, 5.74) is 12.3. The molecular formula is C59H45BF6SiZr. The summed E-state index contributed by atoms with van der Waals surface area (Å²) in [6, 6.07) is 68.1. The van der Waals surface area contributed by atoms with Crippen molar-refractivity contribution in [2.75, 3.05) is 0 Å². The van der Waals surface area contributed by atoms with Crippen molar-refractivity contribution in [2.24, 2.45) is 5.92 Å². The van der Waals surface area contributed by atoms with Crippen LogP contribution < -0.4 is 8.49 Å². The molecule has 8 aromatic rings. The van der Waals surface area contributed by atoms with E-state index in [0.29, 0.717) is 15.6 Å². The van der Waals surface area contributed by atoms with Gasteiger partial charge in [-0.1, -0.05) is 0 Å². The topological polar surface area (TPSA) is 0 Å². The van der Waals surface area contributed by atoms with E-state index in [1.165, 1.54) is 65.9 Å². The minimum atomic E-state index is -4.69. The summed E-state index contributed by atoms with van der Waals surface area (Å²) < 4.78 is 83.8. The maximum atomic E-state index is 13.8. The van der Waals surface area contributed by atoms with Gasteiger partial charge >= 0.3 is 409 Å². The SMILES string of the molecule is C(=C(C(=[C]([Zr][c]1cccc2c1Cc1ccccc1-2)c1ccccc1)c1ccccc1)c1ccccc1)c1ccccc1.CC1C(=BC(F)(F)F)c2c(c(=[Si](C)C)cc3ccccc23)=C1C(F)(F)F. The summed E-state index contributed by atoms with van der Waals surface area (Å²) in [6.45, 7) is 4.93. The van der Waals surface area contributed by atoms with Crippen LogP contribution in [0.1, 0.15) is 45.9 Å². The van der Waals surface area contributed by atoms with E-state index in [9.17, 15) is 26.3 Å². The van der Waals surface area contributed by atoms with Gasteiger partial charge in [0.1, 0.15) is 0 Å². The van der Waals surface area contributed by atoms with Crippen LogP contribution in [0.15, 0.2) is 194 Å². The molecule has 0 heterocycles. The van der Waals surface area contributed by atoms with Crippen LogP contribution in [0.2, 0.25) is 13.1 Å². The molecule has 0 N–H and O–H groups in total. The Labute approximate surface area is 406 Å². The average Bonchev–Trinajstić information content (AvgIpc) is 3.87. The third-order valence-electron chi connectivity index (χ3n) is 12.6. The molecule has 0 amide bonds. The molecular weight excluding hydrogens is 953 g/mol. The second kappa shape index (κ2) is 19.9. The standard InChI is InChI=1S/C28H21.C18H15BF6Si.C13H9.Zr/c1-5-13-23(14-6-1)21-27(25-17-9-3-10-18-25)28(26-19-11-4-12-20-26)22-24-15-7-2-8-16-24;1-9-15(17(20,21)22)14-12(26(2)3)8-10-6-4-5-7-11(10)13(14)16(9)19-18(23,24)25;1-3-7-12-10(5-1)9-11-6-2-4-8-13(11)12;/h1-21H;4-9H,1-3H3;1-5,7-8H,9H2;. The molecule has 1 unspecified atom stereocenters. The first kappa shape index (κ1) is 47.1. The van der Waals surface area contributed by atoms with Gasteiger partial charge in [-0.3, -0.25) is 0 Å². The zero-order valence-electron chi connectivity index (χ0n) is 37.7. The number of alkyl halides is 6. The Bertz CT molecular complexity index is 3370. The Morgan fingerprint density at radius 1 is 0.618 bits per heavy atom. The van der Waals surface area contributed by atoms with Crippen LogP contribution in [0, 0.1) is 10.7 Å². The molecule has 0 aromatic heterocycles. The van der Waals surface area contributed by atoms with Crippen molar-refractivity contribution in [1.29, 1.82) is 0 Å². The van der Waals surface area contributed by atoms with E-state index in [0.717, 1.165) is 6.42 Å². The van der Waals surface area contributed by atoms with Crippen molar-refractivity contribution in [3.05, 3.63) is 243 Å². The zero-order chi connectivity index (χ0) is 47.6. The van der Waals surface area contributed by atoms with Gasteiger partial charge < -0.3 is 0 Å². The summed E-state index contributed by atoms with van der Waals surface area (Å²) in [6.07, 6.45) is -5.98. The van der Waals surface area contributed by atoms with Gasteiger partial charge in [-0.15, -0.1) is 0 Å².